The third-order valence-corrected chi connectivity index (χ3v) is 6.44. The number of H-pyrrole nitrogens is 1. The average molecular weight is 359 g/mol. The fourth-order valence-electron chi connectivity index (χ4n) is 4.99. The maximum atomic E-state index is 3.65. The number of aromatic amines is 1. The first-order chi connectivity index (χ1) is 13.6. The summed E-state index contributed by atoms with van der Waals surface area (Å²) in [5.74, 6) is 0. The highest BCUT2D eigenvalue weighted by Gasteiger charge is 2.35. The van der Waals surface area contributed by atoms with Gasteiger partial charge < -0.3 is 4.98 Å². The van der Waals surface area contributed by atoms with Gasteiger partial charge in [0.1, 0.15) is 0 Å². The SMILES string of the molecule is CC1(C)c2ccccc2-c2ccc(-c3cccc4c3[nH]c3ccccc34)cc21. The van der Waals surface area contributed by atoms with Crippen molar-refractivity contribution >= 4 is 21.8 Å². The van der Waals surface area contributed by atoms with Crippen LogP contribution in [0.25, 0.3) is 44.1 Å². The molecule has 5 aromatic rings. The minimum atomic E-state index is 0.0241. The zero-order chi connectivity index (χ0) is 18.9. The third kappa shape index (κ3) is 1.96. The molecule has 6 rings (SSSR count). The van der Waals surface area contributed by atoms with Gasteiger partial charge in [-0.2, -0.15) is 0 Å². The molecule has 0 aliphatic heterocycles. The molecule has 0 saturated heterocycles. The van der Waals surface area contributed by atoms with Gasteiger partial charge in [-0.3, -0.25) is 0 Å². The van der Waals surface area contributed by atoms with E-state index >= 15 is 0 Å². The van der Waals surface area contributed by atoms with E-state index in [-0.39, 0.29) is 5.41 Å². The molecule has 0 spiro atoms. The molecule has 1 heterocycles. The highest BCUT2D eigenvalue weighted by molar-refractivity contribution is 6.11. The lowest BCUT2D eigenvalue weighted by atomic mass is 9.81. The number of aromatic nitrogens is 1. The van der Waals surface area contributed by atoms with Gasteiger partial charge in [0.25, 0.3) is 0 Å². The summed E-state index contributed by atoms with van der Waals surface area (Å²) in [6.07, 6.45) is 0. The van der Waals surface area contributed by atoms with E-state index in [0.717, 1.165) is 0 Å². The molecule has 0 saturated carbocycles. The summed E-state index contributed by atoms with van der Waals surface area (Å²) < 4.78 is 0. The summed E-state index contributed by atoms with van der Waals surface area (Å²) in [6, 6.07) is 31.0. The van der Waals surface area contributed by atoms with Crippen molar-refractivity contribution in [2.24, 2.45) is 0 Å². The number of hydrogen-bond acceptors (Lipinski definition) is 0. The number of nitrogens with one attached hydrogen (secondary N) is 1. The Kier molecular flexibility index (Phi) is 3.01. The number of hydrogen-bond donors (Lipinski definition) is 1. The van der Waals surface area contributed by atoms with E-state index in [2.05, 4.69) is 104 Å². The predicted molar refractivity (Wildman–Crippen MR) is 119 cm³/mol. The van der Waals surface area contributed by atoms with Crippen LogP contribution in [-0.4, -0.2) is 4.98 Å². The summed E-state index contributed by atoms with van der Waals surface area (Å²) in [5.41, 5.74) is 10.6. The molecule has 0 radical (unpaired) electrons. The number of rotatable bonds is 1. The molecule has 134 valence electrons. The standard InChI is InChI=1S/C27H21N/c1-27(2)23-12-5-3-8-19(23)20-15-14-17(16-24(20)27)18-10-7-11-22-21-9-4-6-13-25(21)28-26(18)22/h3-16,28H,1-2H3. The lowest BCUT2D eigenvalue weighted by Gasteiger charge is -2.22. The van der Waals surface area contributed by atoms with E-state index < -0.39 is 0 Å². The maximum absolute atomic E-state index is 3.65. The molecule has 1 N–H and O–H groups in total. The Morgan fingerprint density at radius 3 is 2.25 bits per heavy atom. The zero-order valence-electron chi connectivity index (χ0n) is 16.1. The van der Waals surface area contributed by atoms with E-state index in [4.69, 9.17) is 0 Å². The monoisotopic (exact) mass is 359 g/mol. The van der Waals surface area contributed by atoms with Gasteiger partial charge in [-0.1, -0.05) is 86.6 Å². The summed E-state index contributed by atoms with van der Waals surface area (Å²) in [4.78, 5) is 3.65. The van der Waals surface area contributed by atoms with E-state index in [1.165, 1.54) is 55.2 Å². The zero-order valence-corrected chi connectivity index (χ0v) is 16.1. The summed E-state index contributed by atoms with van der Waals surface area (Å²) in [5, 5.41) is 2.57. The Labute approximate surface area is 164 Å². The van der Waals surface area contributed by atoms with Crippen LogP contribution in [0.4, 0.5) is 0 Å². The Morgan fingerprint density at radius 2 is 1.32 bits per heavy atom. The summed E-state index contributed by atoms with van der Waals surface area (Å²) in [6.45, 7) is 4.68. The van der Waals surface area contributed by atoms with Crippen molar-refractivity contribution in [3.63, 3.8) is 0 Å². The lowest BCUT2D eigenvalue weighted by molar-refractivity contribution is 0.660. The first-order valence-corrected chi connectivity index (χ1v) is 9.89. The highest BCUT2D eigenvalue weighted by Crippen LogP contribution is 2.49. The minimum absolute atomic E-state index is 0.0241. The van der Waals surface area contributed by atoms with Gasteiger partial charge in [0.15, 0.2) is 0 Å². The van der Waals surface area contributed by atoms with E-state index in [9.17, 15) is 0 Å². The minimum Gasteiger partial charge on any atom is -0.354 e. The Balaban J connectivity index is 1.61. The van der Waals surface area contributed by atoms with Gasteiger partial charge in [0, 0.05) is 27.3 Å². The van der Waals surface area contributed by atoms with E-state index in [1.807, 2.05) is 0 Å². The van der Waals surface area contributed by atoms with E-state index in [1.54, 1.807) is 0 Å². The normalized spacial score (nSPS) is 14.4. The largest absolute Gasteiger partial charge is 0.354 e. The smallest absolute Gasteiger partial charge is 0.0544 e. The molecule has 1 aliphatic rings. The molecule has 0 unspecified atom stereocenters. The molecule has 1 heteroatoms. The van der Waals surface area contributed by atoms with Gasteiger partial charge in [-0.25, -0.2) is 0 Å². The van der Waals surface area contributed by atoms with Crippen LogP contribution in [0.3, 0.4) is 0 Å². The van der Waals surface area contributed by atoms with Gasteiger partial charge in [-0.15, -0.1) is 0 Å². The molecule has 1 aromatic heterocycles. The van der Waals surface area contributed by atoms with E-state index in [0.29, 0.717) is 0 Å². The summed E-state index contributed by atoms with van der Waals surface area (Å²) >= 11 is 0. The van der Waals surface area contributed by atoms with Gasteiger partial charge in [0.05, 0.1) is 5.52 Å². The molecule has 4 aromatic carbocycles. The number of fused-ring (bicyclic) bond motifs is 6. The molecule has 0 amide bonds. The second-order valence-corrected chi connectivity index (χ2v) is 8.33. The number of para-hydroxylation sites is 2. The van der Waals surface area contributed by atoms with Gasteiger partial charge >= 0.3 is 0 Å². The Bertz CT molecular complexity index is 1380. The number of benzene rings is 4. The maximum Gasteiger partial charge on any atom is 0.0544 e. The van der Waals surface area contributed by atoms with Crippen molar-refractivity contribution in [1.29, 1.82) is 0 Å². The third-order valence-electron chi connectivity index (χ3n) is 6.44. The van der Waals surface area contributed by atoms with Crippen molar-refractivity contribution in [3.05, 3.63) is 96.1 Å². The molecule has 1 nitrogen and oxygen atoms in total. The topological polar surface area (TPSA) is 15.8 Å². The Hall–Kier alpha value is -3.32. The van der Waals surface area contributed by atoms with Crippen LogP contribution in [0.15, 0.2) is 84.9 Å². The quantitative estimate of drug-likeness (QED) is 0.323. The molecule has 28 heavy (non-hydrogen) atoms. The fourth-order valence-corrected chi connectivity index (χ4v) is 4.99. The van der Waals surface area contributed by atoms with Crippen molar-refractivity contribution in [2.45, 2.75) is 19.3 Å². The average Bonchev–Trinajstić information content (AvgIpc) is 3.22. The van der Waals surface area contributed by atoms with Crippen molar-refractivity contribution < 1.29 is 0 Å². The molecular formula is C27H21N. The van der Waals surface area contributed by atoms with Crippen LogP contribution in [0, 0.1) is 0 Å². The lowest BCUT2D eigenvalue weighted by Crippen LogP contribution is -2.14. The van der Waals surface area contributed by atoms with Crippen LogP contribution in [0.1, 0.15) is 25.0 Å². The van der Waals surface area contributed by atoms with Crippen molar-refractivity contribution in [1.82, 2.24) is 4.98 Å². The molecule has 0 fully saturated rings. The molecule has 0 bridgehead atoms. The fraction of sp³-hybridized carbons (Fsp3) is 0.111. The van der Waals surface area contributed by atoms with Crippen LogP contribution >= 0.6 is 0 Å². The summed E-state index contributed by atoms with van der Waals surface area (Å²) in [7, 11) is 0. The molecule has 0 atom stereocenters. The second kappa shape index (κ2) is 5.36. The van der Waals surface area contributed by atoms with Crippen LogP contribution in [-0.2, 0) is 5.41 Å². The molecular weight excluding hydrogens is 338 g/mol. The van der Waals surface area contributed by atoms with Gasteiger partial charge in [-0.05, 0) is 39.9 Å². The highest BCUT2D eigenvalue weighted by atomic mass is 14.7. The van der Waals surface area contributed by atoms with Crippen LogP contribution in [0.2, 0.25) is 0 Å². The van der Waals surface area contributed by atoms with Crippen LogP contribution < -0.4 is 0 Å². The molecule has 1 aliphatic carbocycles. The predicted octanol–water partition coefficient (Wildman–Crippen LogP) is 7.29. The van der Waals surface area contributed by atoms with Gasteiger partial charge in [0.2, 0.25) is 0 Å². The Morgan fingerprint density at radius 1 is 0.607 bits per heavy atom. The second-order valence-electron chi connectivity index (χ2n) is 8.33. The first kappa shape index (κ1) is 15.7. The van der Waals surface area contributed by atoms with Crippen molar-refractivity contribution in [3.8, 4) is 22.3 Å². The van der Waals surface area contributed by atoms with Crippen molar-refractivity contribution in [2.75, 3.05) is 0 Å². The first-order valence-electron chi connectivity index (χ1n) is 9.89. The van der Waals surface area contributed by atoms with Crippen LogP contribution in [0.5, 0.6) is 0 Å².